The largest absolute Gasteiger partial charge is 0.268 e. The van der Waals surface area contributed by atoms with Crippen molar-refractivity contribution in [3.63, 3.8) is 0 Å². The highest BCUT2D eigenvalue weighted by atomic mass is 32.2. The highest BCUT2D eigenvalue weighted by Crippen LogP contribution is 2.38. The van der Waals surface area contributed by atoms with Crippen molar-refractivity contribution >= 4 is 35.6 Å². The summed E-state index contributed by atoms with van der Waals surface area (Å²) >= 11 is 3.11. The lowest BCUT2D eigenvalue weighted by atomic mass is 10.2. The lowest BCUT2D eigenvalue weighted by molar-refractivity contribution is -0.116. The minimum atomic E-state index is -0.260. The van der Waals surface area contributed by atoms with E-state index < -0.39 is 0 Å². The maximum Gasteiger partial charge on any atom is 0.265 e. The number of hydrazone groups is 1. The smallest absolute Gasteiger partial charge is 0.265 e. The van der Waals surface area contributed by atoms with Crippen LogP contribution in [0, 0.1) is 0 Å². The van der Waals surface area contributed by atoms with Gasteiger partial charge in [0, 0.05) is 15.9 Å². The van der Waals surface area contributed by atoms with Crippen LogP contribution in [0.25, 0.3) is 0 Å². The topological polar surface area (TPSA) is 41.5 Å². The molecule has 0 aliphatic heterocycles. The molecule has 0 spiro atoms. The van der Waals surface area contributed by atoms with E-state index >= 15 is 0 Å². The molecule has 0 saturated carbocycles. The number of hydrogen-bond acceptors (Lipinski definition) is 4. The van der Waals surface area contributed by atoms with Gasteiger partial charge < -0.3 is 0 Å². The molecule has 3 rings (SSSR count). The van der Waals surface area contributed by atoms with Crippen molar-refractivity contribution in [2.75, 3.05) is 0 Å². The molecule has 0 unspecified atom stereocenters. The van der Waals surface area contributed by atoms with Crippen LogP contribution in [-0.2, 0) is 4.79 Å². The van der Waals surface area contributed by atoms with E-state index in [9.17, 15) is 4.79 Å². The number of amides is 1. The summed E-state index contributed by atoms with van der Waals surface area (Å²) in [6, 6.07) is 29.6. The van der Waals surface area contributed by atoms with Crippen molar-refractivity contribution in [2.45, 2.75) is 9.79 Å². The molecule has 0 heterocycles. The second kappa shape index (κ2) is 10.4. The number of carbonyl (C=O) groups is 1. The molecular weight excluding hydrogens is 372 g/mol. The van der Waals surface area contributed by atoms with Gasteiger partial charge in [0.15, 0.2) is 0 Å². The van der Waals surface area contributed by atoms with Crippen LogP contribution >= 0.6 is 23.5 Å². The van der Waals surface area contributed by atoms with E-state index in [1.54, 1.807) is 35.8 Å². The van der Waals surface area contributed by atoms with E-state index in [0.717, 1.165) is 19.6 Å². The summed E-state index contributed by atoms with van der Waals surface area (Å²) in [5.41, 5.74) is 3.49. The molecule has 134 valence electrons. The predicted molar refractivity (Wildman–Crippen MR) is 115 cm³/mol. The zero-order valence-electron chi connectivity index (χ0n) is 14.5. The zero-order valence-corrected chi connectivity index (χ0v) is 16.1. The van der Waals surface area contributed by atoms with Crippen molar-refractivity contribution in [1.29, 1.82) is 0 Å². The number of benzene rings is 3. The van der Waals surface area contributed by atoms with Crippen molar-refractivity contribution in [1.82, 2.24) is 5.43 Å². The molecule has 27 heavy (non-hydrogen) atoms. The van der Waals surface area contributed by atoms with Crippen LogP contribution in [-0.4, -0.2) is 12.1 Å². The fraction of sp³-hybridized carbons (Fsp3) is 0. The molecule has 0 aliphatic rings. The first-order valence-electron chi connectivity index (χ1n) is 8.35. The Labute approximate surface area is 167 Å². The Kier molecular flexibility index (Phi) is 7.33. The highest BCUT2D eigenvalue weighted by Gasteiger charge is 2.07. The Morgan fingerprint density at radius 3 is 1.74 bits per heavy atom. The van der Waals surface area contributed by atoms with Crippen LogP contribution in [0.3, 0.4) is 0 Å². The van der Waals surface area contributed by atoms with Crippen LogP contribution in [0.1, 0.15) is 5.56 Å². The molecule has 3 nitrogen and oxygen atoms in total. The minimum Gasteiger partial charge on any atom is -0.268 e. The van der Waals surface area contributed by atoms with E-state index in [4.69, 9.17) is 0 Å². The van der Waals surface area contributed by atoms with Crippen LogP contribution in [0.15, 0.2) is 116 Å². The van der Waals surface area contributed by atoms with Crippen LogP contribution in [0.4, 0.5) is 0 Å². The van der Waals surface area contributed by atoms with Crippen molar-refractivity contribution in [2.24, 2.45) is 5.10 Å². The van der Waals surface area contributed by atoms with Gasteiger partial charge in [-0.15, -0.1) is 0 Å². The molecule has 1 amide bonds. The molecule has 0 aromatic heterocycles. The number of nitrogens with one attached hydrogen (secondary N) is 1. The molecule has 0 atom stereocenters. The lowest BCUT2D eigenvalue weighted by Gasteiger charge is -2.07. The molecule has 0 saturated heterocycles. The average molecular weight is 391 g/mol. The van der Waals surface area contributed by atoms with E-state index in [1.807, 2.05) is 91.0 Å². The molecule has 3 aromatic rings. The van der Waals surface area contributed by atoms with Gasteiger partial charge in [0.25, 0.3) is 5.91 Å². The summed E-state index contributed by atoms with van der Waals surface area (Å²) in [6.45, 7) is 0. The predicted octanol–water partition coefficient (Wildman–Crippen LogP) is 5.56. The van der Waals surface area contributed by atoms with Crippen LogP contribution < -0.4 is 5.43 Å². The molecule has 1 N–H and O–H groups in total. The van der Waals surface area contributed by atoms with E-state index in [1.165, 1.54) is 0 Å². The van der Waals surface area contributed by atoms with Gasteiger partial charge in [-0.3, -0.25) is 4.79 Å². The van der Waals surface area contributed by atoms with Gasteiger partial charge in [0.1, 0.15) is 0 Å². The number of carbonyl (C=O) groups excluding carboxylic acids is 1. The SMILES string of the molecule is O=C(C=C(Sc1ccccc1)Sc1ccccc1)N/N=C/c1ccccc1. The number of thioether (sulfide) groups is 2. The highest BCUT2D eigenvalue weighted by molar-refractivity contribution is 8.22. The Balaban J connectivity index is 1.70. The summed E-state index contributed by atoms with van der Waals surface area (Å²) in [6.07, 6.45) is 3.21. The van der Waals surface area contributed by atoms with Crippen LogP contribution in [0.5, 0.6) is 0 Å². The molecule has 3 aromatic carbocycles. The summed E-state index contributed by atoms with van der Waals surface area (Å²) in [4.78, 5) is 14.4. The third kappa shape index (κ3) is 6.81. The van der Waals surface area contributed by atoms with Gasteiger partial charge in [-0.25, -0.2) is 5.43 Å². The van der Waals surface area contributed by atoms with Gasteiger partial charge in [0.05, 0.1) is 10.5 Å². The van der Waals surface area contributed by atoms with Gasteiger partial charge in [-0.1, -0.05) is 90.3 Å². The molecular formula is C22H18N2OS2. The maximum absolute atomic E-state index is 12.3. The van der Waals surface area contributed by atoms with Crippen molar-refractivity contribution in [3.8, 4) is 0 Å². The van der Waals surface area contributed by atoms with Crippen molar-refractivity contribution < 1.29 is 4.79 Å². The first-order chi connectivity index (χ1) is 13.3. The number of hydrogen-bond donors (Lipinski definition) is 1. The zero-order chi connectivity index (χ0) is 18.7. The number of nitrogens with zero attached hydrogens (tertiary/aromatic N) is 1. The standard InChI is InChI=1S/C22H18N2OS2/c25-21(24-23-17-18-10-4-1-5-11-18)16-22(26-19-12-6-2-7-13-19)27-20-14-8-3-9-15-20/h1-17H,(H,24,25)/b23-17+. The molecule has 0 radical (unpaired) electrons. The molecule has 0 bridgehead atoms. The maximum atomic E-state index is 12.3. The Bertz CT molecular complexity index is 867. The quantitative estimate of drug-likeness (QED) is 0.248. The van der Waals surface area contributed by atoms with E-state index in [-0.39, 0.29) is 5.91 Å². The van der Waals surface area contributed by atoms with Gasteiger partial charge in [-0.2, -0.15) is 5.10 Å². The summed E-state index contributed by atoms with van der Waals surface area (Å²) in [5, 5.41) is 4.02. The Morgan fingerprint density at radius 2 is 1.22 bits per heavy atom. The van der Waals surface area contributed by atoms with Gasteiger partial charge in [0.2, 0.25) is 0 Å². The van der Waals surface area contributed by atoms with Gasteiger partial charge >= 0.3 is 0 Å². The second-order valence-electron chi connectivity index (χ2n) is 5.44. The molecule has 0 aliphatic carbocycles. The lowest BCUT2D eigenvalue weighted by Crippen LogP contribution is -2.14. The second-order valence-corrected chi connectivity index (χ2v) is 7.93. The monoisotopic (exact) mass is 390 g/mol. The Hall–Kier alpha value is -2.76. The van der Waals surface area contributed by atoms with E-state index in [0.29, 0.717) is 0 Å². The normalized spacial score (nSPS) is 10.5. The van der Waals surface area contributed by atoms with Crippen molar-refractivity contribution in [3.05, 3.63) is 107 Å². The minimum absolute atomic E-state index is 0.260. The van der Waals surface area contributed by atoms with Crippen LogP contribution in [0.2, 0.25) is 0 Å². The molecule has 0 fully saturated rings. The fourth-order valence-electron chi connectivity index (χ4n) is 2.14. The van der Waals surface area contributed by atoms with Gasteiger partial charge in [-0.05, 0) is 29.8 Å². The number of rotatable bonds is 7. The molecule has 5 heteroatoms. The first kappa shape index (κ1) is 19.0. The first-order valence-corrected chi connectivity index (χ1v) is 9.98. The fourth-order valence-corrected chi connectivity index (χ4v) is 4.26. The third-order valence-corrected chi connectivity index (χ3v) is 5.51. The van der Waals surface area contributed by atoms with E-state index in [2.05, 4.69) is 10.5 Å². The third-order valence-electron chi connectivity index (χ3n) is 3.36. The average Bonchev–Trinajstić information content (AvgIpc) is 2.70. The summed E-state index contributed by atoms with van der Waals surface area (Å²) in [7, 11) is 0. The Morgan fingerprint density at radius 1 is 0.741 bits per heavy atom. The summed E-state index contributed by atoms with van der Waals surface area (Å²) in [5.74, 6) is -0.260. The summed E-state index contributed by atoms with van der Waals surface area (Å²) < 4.78 is 0.875.